The first-order valence-corrected chi connectivity index (χ1v) is 9.57. The summed E-state index contributed by atoms with van der Waals surface area (Å²) in [5.74, 6) is 2.75. The molecule has 0 aromatic carbocycles. The van der Waals surface area contributed by atoms with Crippen molar-refractivity contribution in [3.63, 3.8) is 0 Å². The number of hydrogen-bond donors (Lipinski definition) is 1. The van der Waals surface area contributed by atoms with Crippen LogP contribution in [0.1, 0.15) is 77.6 Å². The summed E-state index contributed by atoms with van der Waals surface area (Å²) in [6.07, 6.45) is 15.2. The van der Waals surface area contributed by atoms with E-state index in [1.807, 2.05) is 0 Å². The molecule has 0 aromatic rings. The molecular weight excluding hydrogens is 258 g/mol. The van der Waals surface area contributed by atoms with E-state index in [9.17, 15) is 0 Å². The first kappa shape index (κ1) is 15.8. The highest BCUT2D eigenvalue weighted by molar-refractivity contribution is 4.96. The number of rotatable bonds is 4. The van der Waals surface area contributed by atoms with Crippen LogP contribution in [0.2, 0.25) is 0 Å². The summed E-state index contributed by atoms with van der Waals surface area (Å²) in [6, 6.07) is 0.737. The van der Waals surface area contributed by atoms with Crippen LogP contribution in [0.15, 0.2) is 0 Å². The molecule has 0 amide bonds. The number of ether oxygens (including phenoxy) is 1. The van der Waals surface area contributed by atoms with Crippen LogP contribution in [0.4, 0.5) is 0 Å². The van der Waals surface area contributed by atoms with Gasteiger partial charge in [-0.05, 0) is 63.3 Å². The molecule has 4 atom stereocenters. The standard InChI is InChI=1S/C19H35NO/c1-3-15-7-6-8-16(13-15)18(20-2)17-9-12-21-19(14-17)10-4-5-11-19/h15-18,20H,3-14H2,1-2H3. The van der Waals surface area contributed by atoms with Crippen molar-refractivity contribution >= 4 is 0 Å². The normalized spacial score (nSPS) is 37.7. The van der Waals surface area contributed by atoms with Gasteiger partial charge in [0.15, 0.2) is 0 Å². The molecular formula is C19H35NO. The Morgan fingerprint density at radius 3 is 2.62 bits per heavy atom. The Morgan fingerprint density at radius 2 is 1.90 bits per heavy atom. The van der Waals surface area contributed by atoms with E-state index in [1.54, 1.807) is 0 Å². The maximum absolute atomic E-state index is 6.25. The van der Waals surface area contributed by atoms with Crippen LogP contribution in [0, 0.1) is 17.8 Å². The van der Waals surface area contributed by atoms with Gasteiger partial charge in [0.25, 0.3) is 0 Å². The van der Waals surface area contributed by atoms with Gasteiger partial charge in [-0.25, -0.2) is 0 Å². The Hall–Kier alpha value is -0.0800. The number of nitrogens with one attached hydrogen (secondary N) is 1. The minimum Gasteiger partial charge on any atom is -0.375 e. The Kier molecular flexibility index (Phi) is 5.27. The van der Waals surface area contributed by atoms with Gasteiger partial charge in [-0.15, -0.1) is 0 Å². The summed E-state index contributed by atoms with van der Waals surface area (Å²) in [7, 11) is 2.21. The average molecular weight is 293 g/mol. The minimum atomic E-state index is 0.275. The molecule has 0 bridgehead atoms. The fourth-order valence-corrected chi connectivity index (χ4v) is 5.63. The molecule has 3 fully saturated rings. The van der Waals surface area contributed by atoms with Crippen molar-refractivity contribution in [3.8, 4) is 0 Å². The Morgan fingerprint density at radius 1 is 1.10 bits per heavy atom. The van der Waals surface area contributed by atoms with Gasteiger partial charge in [-0.3, -0.25) is 0 Å². The molecule has 2 heteroatoms. The van der Waals surface area contributed by atoms with Crippen molar-refractivity contribution in [2.45, 2.75) is 89.2 Å². The van der Waals surface area contributed by atoms with Gasteiger partial charge >= 0.3 is 0 Å². The summed E-state index contributed by atoms with van der Waals surface area (Å²) < 4.78 is 6.25. The summed E-state index contributed by atoms with van der Waals surface area (Å²) >= 11 is 0. The Labute approximate surface area is 131 Å². The van der Waals surface area contributed by atoms with Gasteiger partial charge in [0.1, 0.15) is 0 Å². The summed E-state index contributed by atoms with van der Waals surface area (Å²) in [4.78, 5) is 0. The lowest BCUT2D eigenvalue weighted by Crippen LogP contribution is -2.48. The third-order valence-electron chi connectivity index (χ3n) is 6.80. The zero-order valence-electron chi connectivity index (χ0n) is 14.2. The van der Waals surface area contributed by atoms with Gasteiger partial charge in [0, 0.05) is 12.6 Å². The maximum Gasteiger partial charge on any atom is 0.0685 e. The lowest BCUT2D eigenvalue weighted by atomic mass is 9.70. The minimum absolute atomic E-state index is 0.275. The lowest BCUT2D eigenvalue weighted by Gasteiger charge is -2.45. The largest absolute Gasteiger partial charge is 0.375 e. The molecule has 3 rings (SSSR count). The topological polar surface area (TPSA) is 21.3 Å². The molecule has 1 heterocycles. The van der Waals surface area contributed by atoms with Crippen LogP contribution in [0.25, 0.3) is 0 Å². The molecule has 0 radical (unpaired) electrons. The van der Waals surface area contributed by atoms with Gasteiger partial charge in [-0.1, -0.05) is 39.0 Å². The van der Waals surface area contributed by atoms with E-state index in [1.165, 1.54) is 70.6 Å². The third-order valence-corrected chi connectivity index (χ3v) is 6.80. The Bertz CT molecular complexity index is 324. The van der Waals surface area contributed by atoms with Crippen molar-refractivity contribution in [3.05, 3.63) is 0 Å². The predicted octanol–water partition coefficient (Wildman–Crippen LogP) is 4.53. The molecule has 1 N–H and O–H groups in total. The van der Waals surface area contributed by atoms with E-state index >= 15 is 0 Å². The van der Waals surface area contributed by atoms with Crippen LogP contribution in [0.5, 0.6) is 0 Å². The predicted molar refractivity (Wildman–Crippen MR) is 88.5 cm³/mol. The molecule has 0 aromatic heterocycles. The van der Waals surface area contributed by atoms with Crippen LogP contribution >= 0.6 is 0 Å². The van der Waals surface area contributed by atoms with Gasteiger partial charge in [-0.2, -0.15) is 0 Å². The maximum atomic E-state index is 6.25. The SMILES string of the molecule is CCC1CCCC(C(NC)C2CCOC3(CCCC3)C2)C1. The van der Waals surface area contributed by atoms with Crippen molar-refractivity contribution in [1.82, 2.24) is 5.32 Å². The van der Waals surface area contributed by atoms with Crippen LogP contribution < -0.4 is 5.32 Å². The molecule has 2 aliphatic carbocycles. The van der Waals surface area contributed by atoms with Crippen molar-refractivity contribution in [2.24, 2.45) is 17.8 Å². The van der Waals surface area contributed by atoms with Crippen LogP contribution in [-0.2, 0) is 4.74 Å². The van der Waals surface area contributed by atoms with Crippen LogP contribution in [0.3, 0.4) is 0 Å². The van der Waals surface area contributed by atoms with E-state index in [-0.39, 0.29) is 5.60 Å². The zero-order valence-corrected chi connectivity index (χ0v) is 14.2. The second-order valence-electron chi connectivity index (χ2n) is 8.01. The van der Waals surface area contributed by atoms with Crippen molar-refractivity contribution < 1.29 is 4.74 Å². The second kappa shape index (κ2) is 7.00. The molecule has 21 heavy (non-hydrogen) atoms. The highest BCUT2D eigenvalue weighted by Gasteiger charge is 2.43. The summed E-state index contributed by atoms with van der Waals surface area (Å²) in [6.45, 7) is 3.39. The zero-order chi connectivity index (χ0) is 14.7. The molecule has 2 saturated carbocycles. The smallest absolute Gasteiger partial charge is 0.0685 e. The van der Waals surface area contributed by atoms with Crippen molar-refractivity contribution in [2.75, 3.05) is 13.7 Å². The fourth-order valence-electron chi connectivity index (χ4n) is 5.63. The molecule has 1 spiro atoms. The quantitative estimate of drug-likeness (QED) is 0.822. The second-order valence-corrected chi connectivity index (χ2v) is 8.01. The molecule has 3 aliphatic rings. The molecule has 1 aliphatic heterocycles. The van der Waals surface area contributed by atoms with E-state index in [0.717, 1.165) is 30.4 Å². The molecule has 122 valence electrons. The highest BCUT2D eigenvalue weighted by atomic mass is 16.5. The van der Waals surface area contributed by atoms with Gasteiger partial charge < -0.3 is 10.1 Å². The average Bonchev–Trinajstić information content (AvgIpc) is 2.96. The molecule has 1 saturated heterocycles. The fraction of sp³-hybridized carbons (Fsp3) is 1.00. The molecule has 4 unspecified atom stereocenters. The lowest BCUT2D eigenvalue weighted by molar-refractivity contribution is -0.102. The Balaban J connectivity index is 1.64. The van der Waals surface area contributed by atoms with E-state index in [4.69, 9.17) is 4.74 Å². The molecule has 2 nitrogen and oxygen atoms in total. The van der Waals surface area contributed by atoms with Gasteiger partial charge in [0.05, 0.1) is 5.60 Å². The summed E-state index contributed by atoms with van der Waals surface area (Å²) in [5.41, 5.74) is 0.275. The first-order valence-electron chi connectivity index (χ1n) is 9.57. The van der Waals surface area contributed by atoms with E-state index < -0.39 is 0 Å². The van der Waals surface area contributed by atoms with Crippen molar-refractivity contribution in [1.29, 1.82) is 0 Å². The van der Waals surface area contributed by atoms with Gasteiger partial charge in [0.2, 0.25) is 0 Å². The highest BCUT2D eigenvalue weighted by Crippen LogP contribution is 2.45. The van der Waals surface area contributed by atoms with E-state index in [0.29, 0.717) is 0 Å². The summed E-state index contributed by atoms with van der Waals surface area (Å²) in [5, 5.41) is 3.74. The van der Waals surface area contributed by atoms with E-state index in [2.05, 4.69) is 19.3 Å². The third kappa shape index (κ3) is 3.47. The van der Waals surface area contributed by atoms with Crippen LogP contribution in [-0.4, -0.2) is 25.3 Å². The first-order chi connectivity index (χ1) is 10.3. The monoisotopic (exact) mass is 293 g/mol. The number of hydrogen-bond acceptors (Lipinski definition) is 2.